The number of halogens is 1. The molecular formula is C17H19ClN2O5S2. The molecule has 7 nitrogen and oxygen atoms in total. The maximum absolute atomic E-state index is 12.3. The molecule has 2 unspecified atom stereocenters. The molecule has 1 saturated carbocycles. The number of hydrogen-bond donors (Lipinski definition) is 0. The molecule has 0 N–H and O–H groups in total. The number of anilines is 1. The number of methoxy groups -OCH3 is 2. The Bertz CT molecular complexity index is 929. The molecule has 27 heavy (non-hydrogen) atoms. The van der Waals surface area contributed by atoms with Crippen LogP contribution in [0.15, 0.2) is 17.1 Å². The molecule has 2 saturated heterocycles. The molecule has 2 aliphatic heterocycles. The minimum Gasteiger partial charge on any atom is -0.495 e. The zero-order valence-corrected chi connectivity index (χ0v) is 17.2. The second-order valence-corrected chi connectivity index (χ2v) is 10.6. The van der Waals surface area contributed by atoms with Crippen molar-refractivity contribution in [2.75, 3.05) is 30.6 Å². The van der Waals surface area contributed by atoms with Crippen LogP contribution in [0.1, 0.15) is 12.8 Å². The smallest absolute Gasteiger partial charge is 0.251 e. The average molecular weight is 431 g/mol. The number of aliphatic imine (C=N–C) groups is 1. The Kier molecular flexibility index (Phi) is 4.80. The standard InChI is InChI=1S/C17H19ClN2O5S2/c1-24-13-6-14(25-2)11(5-10(13)18)20-12-7-27(22,23)8-15(12)26-17(20)19-16(21)9-3-4-9/h5-6,9,12,15H,3-4,7-8H2,1-2H3. The lowest BCUT2D eigenvalue weighted by Crippen LogP contribution is -2.38. The highest BCUT2D eigenvalue weighted by molar-refractivity contribution is 8.16. The molecule has 10 heteroatoms. The van der Waals surface area contributed by atoms with Gasteiger partial charge in [-0.2, -0.15) is 4.99 Å². The van der Waals surface area contributed by atoms with E-state index >= 15 is 0 Å². The first-order valence-corrected chi connectivity index (χ1v) is 11.6. The van der Waals surface area contributed by atoms with E-state index in [1.165, 1.54) is 26.0 Å². The van der Waals surface area contributed by atoms with E-state index < -0.39 is 9.84 Å². The number of amidine groups is 1. The molecule has 0 radical (unpaired) electrons. The quantitative estimate of drug-likeness (QED) is 0.724. The second-order valence-electron chi connectivity index (χ2n) is 6.84. The fourth-order valence-electron chi connectivity index (χ4n) is 3.39. The molecule has 146 valence electrons. The summed E-state index contributed by atoms with van der Waals surface area (Å²) in [7, 11) is -0.121. The number of thioether (sulfide) groups is 1. The normalized spacial score (nSPS) is 27.7. The zero-order valence-electron chi connectivity index (χ0n) is 14.8. The van der Waals surface area contributed by atoms with Gasteiger partial charge in [0, 0.05) is 17.2 Å². The minimum absolute atomic E-state index is 0.00804. The summed E-state index contributed by atoms with van der Waals surface area (Å²) in [5.74, 6) is 0.852. The largest absolute Gasteiger partial charge is 0.495 e. The number of carbonyl (C=O) groups is 1. The van der Waals surface area contributed by atoms with Crippen LogP contribution in [-0.4, -0.2) is 56.5 Å². The summed E-state index contributed by atoms with van der Waals surface area (Å²) in [5.41, 5.74) is 0.586. The van der Waals surface area contributed by atoms with Crippen molar-refractivity contribution in [1.82, 2.24) is 0 Å². The van der Waals surface area contributed by atoms with Gasteiger partial charge in [0.2, 0.25) is 0 Å². The Morgan fingerprint density at radius 3 is 2.56 bits per heavy atom. The predicted octanol–water partition coefficient (Wildman–Crippen LogP) is 2.37. The number of hydrogen-bond acceptors (Lipinski definition) is 6. The fraction of sp³-hybridized carbons (Fsp3) is 0.529. The maximum atomic E-state index is 12.3. The molecule has 2 heterocycles. The number of sulfone groups is 1. The number of nitrogens with zero attached hydrogens (tertiary/aromatic N) is 2. The van der Waals surface area contributed by atoms with E-state index in [0.29, 0.717) is 27.4 Å². The lowest BCUT2D eigenvalue weighted by atomic mass is 10.2. The number of fused-ring (bicyclic) bond motifs is 1. The molecule has 0 bridgehead atoms. The van der Waals surface area contributed by atoms with Gasteiger partial charge in [-0.05, 0) is 18.9 Å². The van der Waals surface area contributed by atoms with Crippen LogP contribution in [0.3, 0.4) is 0 Å². The van der Waals surface area contributed by atoms with Crippen LogP contribution < -0.4 is 14.4 Å². The number of carbonyl (C=O) groups excluding carboxylic acids is 1. The van der Waals surface area contributed by atoms with Gasteiger partial charge in [0.15, 0.2) is 15.0 Å². The maximum Gasteiger partial charge on any atom is 0.251 e. The summed E-state index contributed by atoms with van der Waals surface area (Å²) in [5, 5.41) is 0.707. The second kappa shape index (κ2) is 6.86. The van der Waals surface area contributed by atoms with E-state index in [1.807, 2.05) is 0 Å². The molecule has 4 rings (SSSR count). The van der Waals surface area contributed by atoms with E-state index in [0.717, 1.165) is 12.8 Å². The lowest BCUT2D eigenvalue weighted by molar-refractivity contribution is -0.118. The van der Waals surface area contributed by atoms with Gasteiger partial charge in [0.1, 0.15) is 11.5 Å². The zero-order chi connectivity index (χ0) is 19.3. The summed E-state index contributed by atoms with van der Waals surface area (Å²) in [6.07, 6.45) is 1.72. The highest BCUT2D eigenvalue weighted by Gasteiger charge is 2.50. The van der Waals surface area contributed by atoms with Crippen molar-refractivity contribution in [3.63, 3.8) is 0 Å². The fourth-order valence-corrected chi connectivity index (χ4v) is 7.54. The van der Waals surface area contributed by atoms with E-state index in [-0.39, 0.29) is 34.6 Å². The molecular weight excluding hydrogens is 412 g/mol. The molecule has 2 atom stereocenters. The number of ether oxygens (including phenoxy) is 2. The molecule has 0 aromatic heterocycles. The van der Waals surface area contributed by atoms with Crippen LogP contribution in [0.4, 0.5) is 5.69 Å². The summed E-state index contributed by atoms with van der Waals surface area (Å²) < 4.78 is 35.1. The summed E-state index contributed by atoms with van der Waals surface area (Å²) in [4.78, 5) is 18.4. The van der Waals surface area contributed by atoms with Gasteiger partial charge in [-0.25, -0.2) is 8.42 Å². The van der Waals surface area contributed by atoms with Crippen molar-refractivity contribution in [2.24, 2.45) is 10.9 Å². The van der Waals surface area contributed by atoms with Crippen molar-refractivity contribution in [3.05, 3.63) is 17.2 Å². The van der Waals surface area contributed by atoms with E-state index in [9.17, 15) is 13.2 Å². The third kappa shape index (κ3) is 3.52. The van der Waals surface area contributed by atoms with Crippen LogP contribution in [-0.2, 0) is 14.6 Å². The third-order valence-corrected chi connectivity index (χ3v) is 8.42. The van der Waals surface area contributed by atoms with Gasteiger partial charge in [0.25, 0.3) is 5.91 Å². The van der Waals surface area contributed by atoms with Crippen molar-refractivity contribution in [3.8, 4) is 11.5 Å². The first-order valence-electron chi connectivity index (χ1n) is 8.53. The van der Waals surface area contributed by atoms with Crippen molar-refractivity contribution < 1.29 is 22.7 Å². The van der Waals surface area contributed by atoms with Crippen molar-refractivity contribution >= 4 is 50.0 Å². The first-order chi connectivity index (χ1) is 12.8. The summed E-state index contributed by atoms with van der Waals surface area (Å²) in [6, 6.07) is 3.01. The van der Waals surface area contributed by atoms with Gasteiger partial charge >= 0.3 is 0 Å². The molecule has 3 aliphatic rings. The molecule has 1 aromatic carbocycles. The SMILES string of the molecule is COc1cc(OC)c(N2C(=NC(=O)C3CC3)SC3CS(=O)(=O)CC32)cc1Cl. The lowest BCUT2D eigenvalue weighted by Gasteiger charge is -2.26. The van der Waals surface area contributed by atoms with E-state index in [4.69, 9.17) is 21.1 Å². The number of benzene rings is 1. The van der Waals surface area contributed by atoms with Gasteiger partial charge < -0.3 is 14.4 Å². The Labute approximate surface area is 167 Å². The summed E-state index contributed by atoms with van der Waals surface area (Å²) in [6.45, 7) is 0. The van der Waals surface area contributed by atoms with Crippen molar-refractivity contribution in [1.29, 1.82) is 0 Å². The third-order valence-electron chi connectivity index (χ3n) is 4.91. The van der Waals surface area contributed by atoms with E-state index in [2.05, 4.69) is 4.99 Å². The van der Waals surface area contributed by atoms with Gasteiger partial charge in [-0.1, -0.05) is 23.4 Å². The average Bonchev–Trinajstić information content (AvgIpc) is 3.35. The van der Waals surface area contributed by atoms with Crippen LogP contribution in [0.5, 0.6) is 11.5 Å². The molecule has 0 spiro atoms. The summed E-state index contributed by atoms with van der Waals surface area (Å²) >= 11 is 7.65. The van der Waals surface area contributed by atoms with Crippen LogP contribution in [0.2, 0.25) is 5.02 Å². The first kappa shape index (κ1) is 18.9. The van der Waals surface area contributed by atoms with Gasteiger partial charge in [-0.3, -0.25) is 4.79 Å². The highest BCUT2D eigenvalue weighted by atomic mass is 35.5. The van der Waals surface area contributed by atoms with Crippen LogP contribution in [0, 0.1) is 5.92 Å². The van der Waals surface area contributed by atoms with Crippen LogP contribution in [0.25, 0.3) is 0 Å². The van der Waals surface area contributed by atoms with Gasteiger partial charge in [0.05, 0.1) is 42.5 Å². The minimum atomic E-state index is -3.15. The Balaban J connectivity index is 1.80. The Morgan fingerprint density at radius 1 is 1.22 bits per heavy atom. The topological polar surface area (TPSA) is 85.3 Å². The molecule has 3 fully saturated rings. The number of amides is 1. The van der Waals surface area contributed by atoms with E-state index in [1.54, 1.807) is 17.0 Å². The molecule has 1 amide bonds. The Morgan fingerprint density at radius 2 is 1.93 bits per heavy atom. The Hall–Kier alpha value is -1.45. The highest BCUT2D eigenvalue weighted by Crippen LogP contribution is 2.46. The monoisotopic (exact) mass is 430 g/mol. The predicted molar refractivity (Wildman–Crippen MR) is 106 cm³/mol. The van der Waals surface area contributed by atoms with Gasteiger partial charge in [-0.15, -0.1) is 0 Å². The van der Waals surface area contributed by atoms with Crippen LogP contribution >= 0.6 is 23.4 Å². The van der Waals surface area contributed by atoms with Crippen molar-refractivity contribution in [2.45, 2.75) is 24.1 Å². The molecule has 1 aliphatic carbocycles. The molecule has 1 aromatic rings. The number of rotatable bonds is 4.